The lowest BCUT2D eigenvalue weighted by Gasteiger charge is -2.48. The third-order valence-electron chi connectivity index (χ3n) is 9.45. The number of hydrogen-bond acceptors (Lipinski definition) is 9. The van der Waals surface area contributed by atoms with Gasteiger partial charge in [0, 0.05) is 69.0 Å². The average Bonchev–Trinajstić information content (AvgIpc) is 3.80. The van der Waals surface area contributed by atoms with Gasteiger partial charge in [0.25, 0.3) is 0 Å². The van der Waals surface area contributed by atoms with E-state index in [9.17, 15) is 9.59 Å². The Labute approximate surface area is 242 Å². The van der Waals surface area contributed by atoms with Crippen LogP contribution in [0.1, 0.15) is 52.4 Å². The summed E-state index contributed by atoms with van der Waals surface area (Å²) in [6, 6.07) is 4.33. The van der Waals surface area contributed by atoms with E-state index in [-0.39, 0.29) is 23.1 Å². The molecule has 0 aromatic carbocycles. The Morgan fingerprint density at radius 2 is 1.51 bits per heavy atom. The highest BCUT2D eigenvalue weighted by Crippen LogP contribution is 2.50. The van der Waals surface area contributed by atoms with Crippen molar-refractivity contribution in [1.29, 1.82) is 0 Å². The number of nitrogen functional groups attached to an aromatic ring is 1. The second kappa shape index (κ2) is 11.0. The van der Waals surface area contributed by atoms with Crippen molar-refractivity contribution in [2.45, 2.75) is 52.4 Å². The molecule has 0 unspecified atom stereocenters. The quantitative estimate of drug-likeness (QED) is 0.419. The molecule has 3 aliphatic heterocycles. The molecule has 4 fully saturated rings. The van der Waals surface area contributed by atoms with Crippen LogP contribution in [-0.4, -0.2) is 84.0 Å². The number of ether oxygens (including phenoxy) is 1. The van der Waals surface area contributed by atoms with E-state index in [1.54, 1.807) is 18.5 Å². The number of pyridine rings is 1. The molecule has 2 aromatic heterocycles. The number of piperidine rings is 2. The fourth-order valence-electron chi connectivity index (χ4n) is 6.57. The van der Waals surface area contributed by atoms with Gasteiger partial charge in [-0.15, -0.1) is 0 Å². The van der Waals surface area contributed by atoms with Crippen molar-refractivity contribution in [3.63, 3.8) is 0 Å². The highest BCUT2D eigenvalue weighted by atomic mass is 16.5. The van der Waals surface area contributed by atoms with Crippen LogP contribution < -0.4 is 15.5 Å². The minimum absolute atomic E-state index is 0.00482. The topological polar surface area (TPSA) is 118 Å². The summed E-state index contributed by atoms with van der Waals surface area (Å²) in [5.74, 6) is 1.24. The predicted octanol–water partition coefficient (Wildman–Crippen LogP) is 3.48. The number of morpholine rings is 1. The second-order valence-corrected chi connectivity index (χ2v) is 12.4. The first-order chi connectivity index (χ1) is 19.8. The third-order valence-corrected chi connectivity index (χ3v) is 9.45. The molecular formula is C31H41N7O3. The second-order valence-electron chi connectivity index (χ2n) is 12.4. The summed E-state index contributed by atoms with van der Waals surface area (Å²) in [4.78, 5) is 46.2. The minimum Gasteiger partial charge on any atom is -0.378 e. The fraction of sp³-hybridized carbons (Fsp3) is 0.581. The van der Waals surface area contributed by atoms with Crippen molar-refractivity contribution < 1.29 is 14.3 Å². The van der Waals surface area contributed by atoms with Crippen LogP contribution in [0, 0.1) is 10.8 Å². The first-order valence-corrected chi connectivity index (χ1v) is 14.9. The zero-order valence-electron chi connectivity index (χ0n) is 24.3. The van der Waals surface area contributed by atoms with Crippen molar-refractivity contribution in [3.8, 4) is 11.3 Å². The monoisotopic (exact) mass is 559 g/mol. The van der Waals surface area contributed by atoms with E-state index in [0.717, 1.165) is 93.3 Å². The molecule has 2 aromatic rings. The van der Waals surface area contributed by atoms with Crippen molar-refractivity contribution in [2.24, 2.45) is 10.8 Å². The van der Waals surface area contributed by atoms with Crippen LogP contribution in [0.2, 0.25) is 0 Å². The molecule has 218 valence electrons. The maximum absolute atomic E-state index is 13.4. The standard InChI is InChI=1S/C31H41N7O3/c1-22(2)17-26(39)31(3-4-31)28(40)38-11-7-30(8-12-38)5-9-36(10-6-30)24-18-25(23-20-33-29(32)34-21-23)35-27(19-24)37-13-15-41-16-14-37/h17-21H,3-16H2,1-2H3,(H2,32,33,34). The number of anilines is 3. The van der Waals surface area contributed by atoms with Gasteiger partial charge in [0.1, 0.15) is 11.2 Å². The molecule has 2 N–H and O–H groups in total. The van der Waals surface area contributed by atoms with Crippen LogP contribution in [0.25, 0.3) is 11.3 Å². The molecule has 3 saturated heterocycles. The molecule has 1 saturated carbocycles. The predicted molar refractivity (Wildman–Crippen MR) is 159 cm³/mol. The molecule has 4 aliphatic rings. The molecule has 1 spiro atoms. The molecule has 0 atom stereocenters. The lowest BCUT2D eigenvalue weighted by Crippen LogP contribution is -2.50. The van der Waals surface area contributed by atoms with E-state index in [1.807, 2.05) is 18.7 Å². The molecule has 10 nitrogen and oxygen atoms in total. The van der Waals surface area contributed by atoms with E-state index in [1.165, 1.54) is 0 Å². The molecule has 0 bridgehead atoms. The number of hydrogen-bond donors (Lipinski definition) is 1. The van der Waals surface area contributed by atoms with Gasteiger partial charge in [0.15, 0.2) is 5.78 Å². The SMILES string of the molecule is CC(C)=CC(=O)C1(C(=O)N2CCC3(CC2)CCN(c2cc(-c4cnc(N)nc4)nc(N4CCOCC4)c2)CC3)CC1. The Morgan fingerprint density at radius 3 is 2.12 bits per heavy atom. The first-order valence-electron chi connectivity index (χ1n) is 14.9. The van der Waals surface area contributed by atoms with Crippen LogP contribution >= 0.6 is 0 Å². The maximum atomic E-state index is 13.4. The van der Waals surface area contributed by atoms with Crippen LogP contribution in [0.5, 0.6) is 0 Å². The number of aromatic nitrogens is 3. The lowest BCUT2D eigenvalue weighted by molar-refractivity contribution is -0.143. The zero-order valence-corrected chi connectivity index (χ0v) is 24.3. The average molecular weight is 560 g/mol. The number of carbonyl (C=O) groups excluding carboxylic acids is 2. The Bertz CT molecular complexity index is 1310. The third kappa shape index (κ3) is 5.66. The fourth-order valence-corrected chi connectivity index (χ4v) is 6.57. The summed E-state index contributed by atoms with van der Waals surface area (Å²) < 4.78 is 5.57. The summed E-state index contributed by atoms with van der Waals surface area (Å²) in [7, 11) is 0. The lowest BCUT2D eigenvalue weighted by atomic mass is 9.71. The number of amides is 1. The number of likely N-dealkylation sites (tertiary alicyclic amines) is 1. The van der Waals surface area contributed by atoms with Gasteiger partial charge in [-0.25, -0.2) is 15.0 Å². The maximum Gasteiger partial charge on any atom is 0.236 e. The van der Waals surface area contributed by atoms with Crippen LogP contribution in [0.4, 0.5) is 17.5 Å². The van der Waals surface area contributed by atoms with E-state index in [4.69, 9.17) is 15.5 Å². The molecule has 0 radical (unpaired) electrons. The molecule has 6 rings (SSSR count). The number of nitrogens with zero attached hydrogens (tertiary/aromatic N) is 6. The van der Waals surface area contributed by atoms with Gasteiger partial charge in [0.05, 0.1) is 18.9 Å². The van der Waals surface area contributed by atoms with Crippen molar-refractivity contribution in [2.75, 3.05) is 68.0 Å². The Hall–Kier alpha value is -3.53. The summed E-state index contributed by atoms with van der Waals surface area (Å²) in [6.45, 7) is 10.3. The van der Waals surface area contributed by atoms with Gasteiger partial charge in [-0.3, -0.25) is 9.59 Å². The molecule has 10 heteroatoms. The van der Waals surface area contributed by atoms with Gasteiger partial charge in [-0.1, -0.05) is 5.57 Å². The smallest absolute Gasteiger partial charge is 0.236 e. The van der Waals surface area contributed by atoms with Crippen molar-refractivity contribution in [3.05, 3.63) is 36.2 Å². The Morgan fingerprint density at radius 1 is 0.878 bits per heavy atom. The van der Waals surface area contributed by atoms with Gasteiger partial charge in [-0.05, 0) is 69.9 Å². The van der Waals surface area contributed by atoms with E-state index < -0.39 is 5.41 Å². The van der Waals surface area contributed by atoms with E-state index >= 15 is 0 Å². The number of ketones is 1. The van der Waals surface area contributed by atoms with Gasteiger partial charge < -0.3 is 25.2 Å². The molecule has 1 amide bonds. The van der Waals surface area contributed by atoms with E-state index in [0.29, 0.717) is 26.1 Å². The van der Waals surface area contributed by atoms with E-state index in [2.05, 4.69) is 31.9 Å². The summed E-state index contributed by atoms with van der Waals surface area (Å²) in [6.07, 6.45) is 10.7. The Kier molecular flexibility index (Phi) is 7.44. The Balaban J connectivity index is 1.13. The van der Waals surface area contributed by atoms with Crippen LogP contribution in [0.3, 0.4) is 0 Å². The molecule has 5 heterocycles. The van der Waals surface area contributed by atoms with Crippen molar-refractivity contribution in [1.82, 2.24) is 19.9 Å². The zero-order chi connectivity index (χ0) is 28.6. The first kappa shape index (κ1) is 27.6. The van der Waals surface area contributed by atoms with Gasteiger partial charge in [0.2, 0.25) is 11.9 Å². The number of allylic oxidation sites excluding steroid dienone is 2. The minimum atomic E-state index is -0.780. The highest BCUT2D eigenvalue weighted by molar-refractivity contribution is 6.13. The largest absolute Gasteiger partial charge is 0.378 e. The summed E-state index contributed by atoms with van der Waals surface area (Å²) in [5, 5.41) is 0. The number of rotatable bonds is 6. The molecular weight excluding hydrogens is 518 g/mol. The van der Waals surface area contributed by atoms with Crippen LogP contribution in [-0.2, 0) is 14.3 Å². The highest BCUT2D eigenvalue weighted by Gasteiger charge is 2.57. The normalized spacial score (nSPS) is 21.5. The van der Waals surface area contributed by atoms with Crippen molar-refractivity contribution >= 4 is 29.1 Å². The molecule has 1 aliphatic carbocycles. The number of nitrogens with two attached hydrogens (primary N) is 1. The number of carbonyl (C=O) groups is 2. The van der Waals surface area contributed by atoms with Gasteiger partial charge in [-0.2, -0.15) is 0 Å². The summed E-state index contributed by atoms with van der Waals surface area (Å²) in [5.41, 5.74) is 9.01. The summed E-state index contributed by atoms with van der Waals surface area (Å²) >= 11 is 0. The van der Waals surface area contributed by atoms with Gasteiger partial charge >= 0.3 is 0 Å². The molecule has 41 heavy (non-hydrogen) atoms. The van der Waals surface area contributed by atoms with Crippen LogP contribution in [0.15, 0.2) is 36.2 Å².